The Morgan fingerprint density at radius 1 is 1.20 bits per heavy atom. The van der Waals surface area contributed by atoms with E-state index < -0.39 is 11.0 Å². The van der Waals surface area contributed by atoms with Crippen molar-refractivity contribution in [3.63, 3.8) is 0 Å². The molecule has 0 bridgehead atoms. The average molecular weight is 562 g/mol. The Balaban J connectivity index is 1.42. The summed E-state index contributed by atoms with van der Waals surface area (Å²) in [5.41, 5.74) is 1.67. The smallest absolute Gasteiger partial charge is 0.273 e. The van der Waals surface area contributed by atoms with Gasteiger partial charge in [-0.25, -0.2) is 4.39 Å². The van der Waals surface area contributed by atoms with E-state index in [1.54, 1.807) is 24.4 Å². The van der Waals surface area contributed by atoms with Crippen LogP contribution in [0.5, 0.6) is 5.75 Å². The van der Waals surface area contributed by atoms with Crippen LogP contribution in [0.25, 0.3) is 11.3 Å². The lowest BCUT2D eigenvalue weighted by Gasteiger charge is -2.25. The topological polar surface area (TPSA) is 123 Å². The first-order valence-electron chi connectivity index (χ1n) is 12.3. The number of nitrogens with one attached hydrogen (secondary N) is 2. The van der Waals surface area contributed by atoms with Gasteiger partial charge in [-0.2, -0.15) is 0 Å². The molecule has 5 rings (SSSR count). The summed E-state index contributed by atoms with van der Waals surface area (Å²) in [6.45, 7) is 0.268. The highest BCUT2D eigenvalue weighted by Gasteiger charge is 2.41. The minimum Gasteiger partial charge on any atom is -0.496 e. The Morgan fingerprint density at radius 3 is 2.70 bits per heavy atom. The van der Waals surface area contributed by atoms with Gasteiger partial charge in [0.2, 0.25) is 5.91 Å². The molecule has 2 aromatic heterocycles. The number of ether oxygens (including phenoxy) is 1. The molecule has 1 saturated heterocycles. The number of nitro groups is 1. The van der Waals surface area contributed by atoms with Gasteiger partial charge in [0.25, 0.3) is 5.69 Å². The van der Waals surface area contributed by atoms with Crippen molar-refractivity contribution in [1.29, 1.82) is 0 Å². The summed E-state index contributed by atoms with van der Waals surface area (Å²) < 4.78 is 24.9. The number of amides is 1. The van der Waals surface area contributed by atoms with Crippen molar-refractivity contribution in [2.24, 2.45) is 0 Å². The van der Waals surface area contributed by atoms with Crippen LogP contribution < -0.4 is 15.4 Å². The van der Waals surface area contributed by atoms with Gasteiger partial charge in [-0.15, -0.1) is 0 Å². The molecule has 12 heteroatoms. The molecular weight excluding hydrogens is 537 g/mol. The number of thiocarbonyl (C=S) groups is 1. The highest BCUT2D eigenvalue weighted by Crippen LogP contribution is 2.42. The predicted octanol–water partition coefficient (Wildman–Crippen LogP) is 5.40. The summed E-state index contributed by atoms with van der Waals surface area (Å²) in [6.07, 6.45) is 1.79. The fourth-order valence-corrected chi connectivity index (χ4v) is 4.92. The molecule has 3 heterocycles. The number of nitrogens with zero attached hydrogens (tertiary/aromatic N) is 3. The normalized spacial score (nSPS) is 16.4. The number of non-ortho nitro benzene ring substituents is 1. The zero-order valence-electron chi connectivity index (χ0n) is 21.2. The number of hydrogen-bond donors (Lipinski definition) is 2. The fourth-order valence-electron chi connectivity index (χ4n) is 4.59. The van der Waals surface area contributed by atoms with E-state index in [0.717, 1.165) is 5.69 Å². The molecule has 2 N–H and O–H groups in total. The maximum absolute atomic E-state index is 13.2. The Labute approximate surface area is 233 Å². The molecule has 1 fully saturated rings. The summed E-state index contributed by atoms with van der Waals surface area (Å²) >= 11 is 5.66. The molecule has 2 atom stereocenters. The molecule has 0 saturated carbocycles. The third-order valence-corrected chi connectivity index (χ3v) is 6.84. The number of halogens is 1. The van der Waals surface area contributed by atoms with E-state index in [1.165, 1.54) is 43.5 Å². The third kappa shape index (κ3) is 5.61. The second-order valence-corrected chi connectivity index (χ2v) is 9.36. The summed E-state index contributed by atoms with van der Waals surface area (Å²) in [4.78, 5) is 29.8. The lowest BCUT2D eigenvalue weighted by molar-refractivity contribution is -0.384. The van der Waals surface area contributed by atoms with Crippen molar-refractivity contribution >= 4 is 34.6 Å². The summed E-state index contributed by atoms with van der Waals surface area (Å²) in [6, 6.07) is 18.1. The standard InChI is InChI=1S/C28H24FN5O5S/c1-38-24-16-19(34(36)37)9-10-20(24)22-11-12-23(39-22)27-26(21-4-2-3-14-30-21)32-28(40)33(27)15-13-25(35)31-18-7-5-17(29)6-8-18/h2-12,14,16,26-27H,13,15H2,1H3,(H,31,35)(H,32,40). The number of pyridine rings is 1. The van der Waals surface area contributed by atoms with Gasteiger partial charge in [-0.05, 0) is 66.8 Å². The second-order valence-electron chi connectivity index (χ2n) is 8.97. The molecule has 0 aliphatic carbocycles. The van der Waals surface area contributed by atoms with Gasteiger partial charge in [-0.3, -0.25) is 19.9 Å². The predicted molar refractivity (Wildman–Crippen MR) is 149 cm³/mol. The molecule has 10 nitrogen and oxygen atoms in total. The lowest BCUT2D eigenvalue weighted by Crippen LogP contribution is -2.32. The Morgan fingerprint density at radius 2 is 2.00 bits per heavy atom. The van der Waals surface area contributed by atoms with Gasteiger partial charge in [0.15, 0.2) is 5.11 Å². The van der Waals surface area contributed by atoms with Gasteiger partial charge < -0.3 is 24.7 Å². The van der Waals surface area contributed by atoms with Crippen LogP contribution in [0.3, 0.4) is 0 Å². The van der Waals surface area contributed by atoms with Crippen molar-refractivity contribution in [3.05, 3.63) is 106 Å². The van der Waals surface area contributed by atoms with E-state index in [1.807, 2.05) is 23.1 Å². The van der Waals surface area contributed by atoms with Crippen LogP contribution in [0.2, 0.25) is 0 Å². The Bertz CT molecular complexity index is 1550. The minimum absolute atomic E-state index is 0.0990. The van der Waals surface area contributed by atoms with E-state index in [0.29, 0.717) is 33.6 Å². The van der Waals surface area contributed by atoms with Crippen molar-refractivity contribution < 1.29 is 23.3 Å². The molecule has 4 aromatic rings. The van der Waals surface area contributed by atoms with Crippen LogP contribution in [0.1, 0.15) is 30.0 Å². The first-order valence-corrected chi connectivity index (χ1v) is 12.7. The molecule has 2 aromatic carbocycles. The van der Waals surface area contributed by atoms with Gasteiger partial charge in [0, 0.05) is 30.9 Å². The largest absolute Gasteiger partial charge is 0.496 e. The monoisotopic (exact) mass is 561 g/mol. The number of carbonyl (C=O) groups excluding carboxylic acids is 1. The molecule has 1 amide bonds. The molecule has 0 radical (unpaired) electrons. The zero-order valence-corrected chi connectivity index (χ0v) is 22.1. The summed E-state index contributed by atoms with van der Waals surface area (Å²) in [5, 5.41) is 17.7. The number of nitro benzene ring substituents is 1. The van der Waals surface area contributed by atoms with Crippen LogP contribution in [-0.4, -0.2) is 39.5 Å². The van der Waals surface area contributed by atoms with E-state index in [2.05, 4.69) is 15.6 Å². The molecule has 1 aliphatic rings. The highest BCUT2D eigenvalue weighted by atomic mass is 32.1. The number of rotatable bonds is 9. The SMILES string of the molecule is COc1cc([N+](=O)[O-])ccc1-c1ccc(C2C(c3ccccn3)NC(=S)N2CCC(=O)Nc2ccc(F)cc2)o1. The van der Waals surface area contributed by atoms with Gasteiger partial charge in [-0.1, -0.05) is 6.07 Å². The van der Waals surface area contributed by atoms with Gasteiger partial charge in [0.1, 0.15) is 29.1 Å². The molecule has 0 spiro atoms. The Hall–Kier alpha value is -4.84. The molecule has 1 aliphatic heterocycles. The number of carbonyl (C=O) groups is 1. The molecule has 40 heavy (non-hydrogen) atoms. The summed E-state index contributed by atoms with van der Waals surface area (Å²) in [5.74, 6) is 0.653. The van der Waals surface area contributed by atoms with Gasteiger partial charge >= 0.3 is 0 Å². The van der Waals surface area contributed by atoms with Crippen LogP contribution in [0, 0.1) is 15.9 Å². The number of benzene rings is 2. The molecule has 204 valence electrons. The highest BCUT2D eigenvalue weighted by molar-refractivity contribution is 7.80. The van der Waals surface area contributed by atoms with E-state index in [4.69, 9.17) is 21.4 Å². The lowest BCUT2D eigenvalue weighted by atomic mass is 10.0. The number of anilines is 1. The van der Waals surface area contributed by atoms with Crippen LogP contribution >= 0.6 is 12.2 Å². The maximum Gasteiger partial charge on any atom is 0.273 e. The Kier molecular flexibility index (Phi) is 7.69. The van der Waals surface area contributed by atoms with E-state index in [-0.39, 0.29) is 36.4 Å². The average Bonchev–Trinajstić information content (AvgIpc) is 3.57. The molecule has 2 unspecified atom stereocenters. The number of hydrogen-bond acceptors (Lipinski definition) is 7. The van der Waals surface area contributed by atoms with Crippen molar-refractivity contribution in [2.45, 2.75) is 18.5 Å². The van der Waals surface area contributed by atoms with Crippen LogP contribution in [0.15, 0.2) is 83.4 Å². The fraction of sp³-hybridized carbons (Fsp3) is 0.179. The summed E-state index contributed by atoms with van der Waals surface area (Å²) in [7, 11) is 1.43. The first-order chi connectivity index (χ1) is 19.3. The molecular formula is C28H24FN5O5S. The van der Waals surface area contributed by atoms with Crippen LogP contribution in [-0.2, 0) is 4.79 Å². The third-order valence-electron chi connectivity index (χ3n) is 6.49. The maximum atomic E-state index is 13.2. The van der Waals surface area contributed by atoms with E-state index in [9.17, 15) is 19.3 Å². The van der Waals surface area contributed by atoms with Crippen molar-refractivity contribution in [1.82, 2.24) is 15.2 Å². The quantitative estimate of drug-likeness (QED) is 0.157. The second kappa shape index (κ2) is 11.5. The van der Waals surface area contributed by atoms with Gasteiger partial charge in [0.05, 0.1) is 35.4 Å². The number of aromatic nitrogens is 1. The van der Waals surface area contributed by atoms with Crippen molar-refractivity contribution in [3.8, 4) is 17.1 Å². The van der Waals surface area contributed by atoms with E-state index >= 15 is 0 Å². The number of furan rings is 1. The van der Waals surface area contributed by atoms with Crippen LogP contribution in [0.4, 0.5) is 15.8 Å². The number of methoxy groups -OCH3 is 1. The first kappa shape index (κ1) is 26.8. The van der Waals surface area contributed by atoms with Crippen molar-refractivity contribution in [2.75, 3.05) is 19.0 Å². The minimum atomic E-state index is -0.493. The zero-order chi connectivity index (χ0) is 28.2.